The Morgan fingerprint density at radius 1 is 1.00 bits per heavy atom. The molecule has 0 saturated carbocycles. The second-order valence-electron chi connectivity index (χ2n) is 3.93. The smallest absolute Gasteiger partial charge is 0.257 e. The normalized spacial score (nSPS) is 9.90. The fourth-order valence-corrected chi connectivity index (χ4v) is 2.03. The van der Waals surface area contributed by atoms with Crippen LogP contribution in [0, 0.1) is 0 Å². The Hall–Kier alpha value is -1.62. The Kier molecular flexibility index (Phi) is 4.95. The lowest BCUT2D eigenvalue weighted by atomic mass is 10.2. The van der Waals surface area contributed by atoms with Gasteiger partial charge in [-0.25, -0.2) is 0 Å². The summed E-state index contributed by atoms with van der Waals surface area (Å²) in [6, 6.07) is 13.6. The summed E-state index contributed by atoms with van der Waals surface area (Å²) in [4.78, 5) is 11.9. The molecule has 0 aliphatic carbocycles. The number of benzene rings is 2. The molecule has 6 heteroatoms. The van der Waals surface area contributed by atoms with Gasteiger partial charge >= 0.3 is 0 Å². The molecule has 0 aliphatic rings. The van der Waals surface area contributed by atoms with Crippen molar-refractivity contribution >= 4 is 52.1 Å². The highest BCUT2D eigenvalue weighted by atomic mass is 35.5. The number of carbonyl (C=O) groups is 1. The Morgan fingerprint density at radius 3 is 2.35 bits per heavy atom. The standard InChI is InChI=1S/C14H10Cl2N2OS/c15-10-4-6-12(7-5-10)17-14(20)18-13(19)9-2-1-3-11(16)8-9/h1-8H,(H2,17,18,19,20). The van der Waals surface area contributed by atoms with Crippen molar-refractivity contribution in [2.24, 2.45) is 0 Å². The van der Waals surface area contributed by atoms with Crippen LogP contribution in [-0.2, 0) is 0 Å². The summed E-state index contributed by atoms with van der Waals surface area (Å²) in [5.41, 5.74) is 1.18. The molecular weight excluding hydrogens is 315 g/mol. The van der Waals surface area contributed by atoms with Crippen LogP contribution in [0.4, 0.5) is 5.69 Å². The van der Waals surface area contributed by atoms with Crippen molar-refractivity contribution in [2.45, 2.75) is 0 Å². The van der Waals surface area contributed by atoms with Gasteiger partial charge in [0.2, 0.25) is 0 Å². The largest absolute Gasteiger partial charge is 0.332 e. The SMILES string of the molecule is O=C(NC(=S)Nc1ccc(Cl)cc1)c1cccc(Cl)c1. The zero-order chi connectivity index (χ0) is 14.5. The van der Waals surface area contributed by atoms with Crippen molar-refractivity contribution in [3.05, 3.63) is 64.1 Å². The van der Waals surface area contributed by atoms with Crippen LogP contribution in [0.5, 0.6) is 0 Å². The van der Waals surface area contributed by atoms with Gasteiger partial charge < -0.3 is 5.32 Å². The molecule has 0 radical (unpaired) electrons. The summed E-state index contributed by atoms with van der Waals surface area (Å²) in [7, 11) is 0. The summed E-state index contributed by atoms with van der Waals surface area (Å²) < 4.78 is 0. The average molecular weight is 325 g/mol. The zero-order valence-corrected chi connectivity index (χ0v) is 12.5. The van der Waals surface area contributed by atoms with E-state index in [2.05, 4.69) is 10.6 Å². The maximum Gasteiger partial charge on any atom is 0.257 e. The van der Waals surface area contributed by atoms with E-state index < -0.39 is 0 Å². The highest BCUT2D eigenvalue weighted by molar-refractivity contribution is 7.80. The molecular formula is C14H10Cl2N2OS. The molecule has 2 N–H and O–H groups in total. The third kappa shape index (κ3) is 4.20. The molecule has 0 spiro atoms. The Labute approximate surface area is 131 Å². The summed E-state index contributed by atoms with van der Waals surface area (Å²) >= 11 is 16.7. The van der Waals surface area contributed by atoms with Crippen LogP contribution >= 0.6 is 35.4 Å². The van der Waals surface area contributed by atoms with Crippen LogP contribution in [0.1, 0.15) is 10.4 Å². The minimum Gasteiger partial charge on any atom is -0.332 e. The molecule has 0 bridgehead atoms. The van der Waals surface area contributed by atoms with E-state index in [1.807, 2.05) is 0 Å². The van der Waals surface area contributed by atoms with Crippen molar-refractivity contribution in [1.82, 2.24) is 5.32 Å². The van der Waals surface area contributed by atoms with Crippen LogP contribution in [0.2, 0.25) is 10.0 Å². The Morgan fingerprint density at radius 2 is 1.70 bits per heavy atom. The van der Waals surface area contributed by atoms with Crippen molar-refractivity contribution in [2.75, 3.05) is 5.32 Å². The maximum absolute atomic E-state index is 11.9. The topological polar surface area (TPSA) is 41.1 Å². The van der Waals surface area contributed by atoms with Crippen molar-refractivity contribution in [3.63, 3.8) is 0 Å². The third-order valence-corrected chi connectivity index (χ3v) is 3.11. The number of hydrogen-bond donors (Lipinski definition) is 2. The zero-order valence-electron chi connectivity index (χ0n) is 10.2. The van der Waals surface area contributed by atoms with Gasteiger partial charge in [0.1, 0.15) is 0 Å². The summed E-state index contributed by atoms with van der Waals surface area (Å²) in [6.07, 6.45) is 0. The molecule has 0 atom stereocenters. The van der Waals surface area contributed by atoms with Gasteiger partial charge in [0, 0.05) is 21.3 Å². The van der Waals surface area contributed by atoms with Crippen molar-refractivity contribution < 1.29 is 4.79 Å². The first-order valence-electron chi connectivity index (χ1n) is 5.68. The summed E-state index contributed by atoms with van der Waals surface area (Å²) in [6.45, 7) is 0. The number of carbonyl (C=O) groups excluding carboxylic acids is 1. The van der Waals surface area contributed by atoms with E-state index in [1.54, 1.807) is 48.5 Å². The second-order valence-corrected chi connectivity index (χ2v) is 5.21. The minimum absolute atomic E-state index is 0.206. The fraction of sp³-hybridized carbons (Fsp3) is 0. The highest BCUT2D eigenvalue weighted by Crippen LogP contribution is 2.13. The van der Waals surface area contributed by atoms with E-state index >= 15 is 0 Å². The molecule has 0 unspecified atom stereocenters. The first kappa shape index (κ1) is 14.8. The Bertz CT molecular complexity index is 644. The maximum atomic E-state index is 11.9. The monoisotopic (exact) mass is 324 g/mol. The summed E-state index contributed by atoms with van der Waals surface area (Å²) in [5.74, 6) is -0.320. The molecule has 0 aliphatic heterocycles. The lowest BCUT2D eigenvalue weighted by Gasteiger charge is -2.09. The predicted octanol–water partition coefficient (Wildman–Crippen LogP) is 4.12. The molecule has 0 fully saturated rings. The summed E-state index contributed by atoms with van der Waals surface area (Å²) in [5, 5.41) is 6.80. The number of hydrogen-bond acceptors (Lipinski definition) is 2. The molecule has 2 aromatic rings. The second kappa shape index (κ2) is 6.70. The first-order valence-corrected chi connectivity index (χ1v) is 6.84. The van der Waals surface area contributed by atoms with E-state index in [0.717, 1.165) is 5.69 Å². The van der Waals surface area contributed by atoms with Gasteiger partial charge in [-0.1, -0.05) is 29.3 Å². The van der Waals surface area contributed by atoms with Crippen molar-refractivity contribution in [3.8, 4) is 0 Å². The molecule has 2 rings (SSSR count). The number of amides is 1. The van der Waals surface area contributed by atoms with Crippen LogP contribution in [0.25, 0.3) is 0 Å². The molecule has 3 nitrogen and oxygen atoms in total. The molecule has 2 aromatic carbocycles. The van der Waals surface area contributed by atoms with Gasteiger partial charge in [-0.2, -0.15) is 0 Å². The van der Waals surface area contributed by atoms with Crippen LogP contribution in [0.15, 0.2) is 48.5 Å². The van der Waals surface area contributed by atoms with E-state index in [1.165, 1.54) is 0 Å². The van der Waals surface area contributed by atoms with E-state index in [9.17, 15) is 4.79 Å². The highest BCUT2D eigenvalue weighted by Gasteiger charge is 2.08. The number of rotatable bonds is 2. The van der Waals surface area contributed by atoms with E-state index in [-0.39, 0.29) is 11.0 Å². The van der Waals surface area contributed by atoms with Gasteiger partial charge in [0.25, 0.3) is 5.91 Å². The third-order valence-electron chi connectivity index (χ3n) is 2.42. The molecule has 20 heavy (non-hydrogen) atoms. The molecule has 0 heterocycles. The molecule has 0 aromatic heterocycles. The van der Waals surface area contributed by atoms with Crippen molar-refractivity contribution in [1.29, 1.82) is 0 Å². The fourth-order valence-electron chi connectivity index (χ4n) is 1.50. The van der Waals surface area contributed by atoms with E-state index in [4.69, 9.17) is 35.4 Å². The minimum atomic E-state index is -0.320. The predicted molar refractivity (Wildman–Crippen MR) is 86.6 cm³/mol. The van der Waals surface area contributed by atoms with Gasteiger partial charge in [-0.05, 0) is 54.7 Å². The average Bonchev–Trinajstić information content (AvgIpc) is 2.41. The van der Waals surface area contributed by atoms with Gasteiger partial charge in [-0.15, -0.1) is 0 Å². The molecule has 0 saturated heterocycles. The first-order chi connectivity index (χ1) is 9.54. The number of nitrogens with one attached hydrogen (secondary N) is 2. The van der Waals surface area contributed by atoms with Crippen LogP contribution in [0.3, 0.4) is 0 Å². The van der Waals surface area contributed by atoms with Gasteiger partial charge in [0.05, 0.1) is 0 Å². The lowest BCUT2D eigenvalue weighted by Crippen LogP contribution is -2.34. The number of anilines is 1. The Balaban J connectivity index is 1.97. The van der Waals surface area contributed by atoms with Crippen LogP contribution < -0.4 is 10.6 Å². The lowest BCUT2D eigenvalue weighted by molar-refractivity contribution is 0.0978. The number of thiocarbonyl (C=S) groups is 1. The molecule has 102 valence electrons. The van der Waals surface area contributed by atoms with Gasteiger partial charge in [-0.3, -0.25) is 10.1 Å². The number of halogens is 2. The van der Waals surface area contributed by atoms with E-state index in [0.29, 0.717) is 15.6 Å². The molecule has 1 amide bonds. The van der Waals surface area contributed by atoms with Gasteiger partial charge in [0.15, 0.2) is 5.11 Å². The quantitative estimate of drug-likeness (QED) is 0.816. The van der Waals surface area contributed by atoms with Crippen LogP contribution in [-0.4, -0.2) is 11.0 Å².